The Hall–Kier alpha value is -3.33. The molecular weight excluding hydrogens is 659 g/mol. The topological polar surface area (TPSA) is 50.2 Å². The molecule has 0 spiro atoms. The average molecular weight is 695 g/mol. The van der Waals surface area contributed by atoms with Crippen LogP contribution in [0, 0.1) is 12.0 Å². The predicted octanol–water partition coefficient (Wildman–Crippen LogP) is 9.36. The smallest absolute Gasteiger partial charge is 0.155 e. The zero-order valence-corrected chi connectivity index (χ0v) is 25.9. The molecule has 1 heterocycles. The van der Waals surface area contributed by atoms with Gasteiger partial charge in [-0.15, -0.1) is 29.1 Å². The number of pyridine rings is 1. The quantitative estimate of drug-likeness (QED) is 0.0864. The molecule has 0 saturated carbocycles. The van der Waals surface area contributed by atoms with E-state index in [4.69, 9.17) is 10.1 Å². The second-order valence-electron chi connectivity index (χ2n) is 10.7. The van der Waals surface area contributed by atoms with Gasteiger partial charge in [0.05, 0.1) is 5.76 Å². The Morgan fingerprint density at radius 2 is 1.62 bits per heavy atom. The van der Waals surface area contributed by atoms with Gasteiger partial charge in [-0.1, -0.05) is 87.2 Å². The van der Waals surface area contributed by atoms with Crippen LogP contribution in [0.1, 0.15) is 58.6 Å². The second-order valence-corrected chi connectivity index (χ2v) is 10.7. The number of hydrogen-bond acceptors (Lipinski definition) is 3. The number of carbonyl (C=O) groups excluding carboxylic acids is 1. The molecule has 4 aromatic carbocycles. The third kappa shape index (κ3) is 7.20. The van der Waals surface area contributed by atoms with Gasteiger partial charge in [0.25, 0.3) is 0 Å². The van der Waals surface area contributed by atoms with Gasteiger partial charge in [-0.3, -0.25) is 9.78 Å². The van der Waals surface area contributed by atoms with Crippen molar-refractivity contribution in [3.05, 3.63) is 102 Å². The molecule has 3 nitrogen and oxygen atoms in total. The Morgan fingerprint density at radius 1 is 0.923 bits per heavy atom. The minimum atomic E-state index is -0.125. The van der Waals surface area contributed by atoms with Crippen molar-refractivity contribution >= 4 is 38.1 Å². The number of allylic oxidation sites excluding steroid dienone is 2. The fourth-order valence-corrected chi connectivity index (χ4v) is 4.93. The van der Waals surface area contributed by atoms with Gasteiger partial charge in [0, 0.05) is 38.1 Å². The number of aromatic nitrogens is 1. The molecule has 0 aliphatic carbocycles. The van der Waals surface area contributed by atoms with E-state index in [-0.39, 0.29) is 31.6 Å². The van der Waals surface area contributed by atoms with Crippen molar-refractivity contribution in [2.75, 3.05) is 0 Å². The molecule has 5 rings (SSSR count). The summed E-state index contributed by atoms with van der Waals surface area (Å²) < 4.78 is 0. The van der Waals surface area contributed by atoms with Crippen molar-refractivity contribution in [3.8, 4) is 11.3 Å². The van der Waals surface area contributed by atoms with Crippen LogP contribution in [0.3, 0.4) is 0 Å². The predicted molar refractivity (Wildman–Crippen MR) is 161 cm³/mol. The number of ketones is 1. The maximum atomic E-state index is 10.0. The Kier molecular flexibility index (Phi) is 10.2. The molecule has 1 radical (unpaired) electrons. The van der Waals surface area contributed by atoms with Gasteiger partial charge < -0.3 is 5.11 Å². The van der Waals surface area contributed by atoms with Crippen molar-refractivity contribution in [2.24, 2.45) is 5.92 Å². The Labute approximate surface area is 245 Å². The van der Waals surface area contributed by atoms with Crippen molar-refractivity contribution in [1.29, 1.82) is 0 Å². The van der Waals surface area contributed by atoms with Crippen molar-refractivity contribution in [1.82, 2.24) is 4.98 Å². The minimum absolute atomic E-state index is 0. The van der Waals surface area contributed by atoms with Gasteiger partial charge in [-0.2, -0.15) is 0 Å². The molecule has 0 bridgehead atoms. The summed E-state index contributed by atoms with van der Waals surface area (Å²) in [6.45, 7) is 11.9. The Morgan fingerprint density at radius 3 is 2.26 bits per heavy atom. The van der Waals surface area contributed by atoms with E-state index >= 15 is 0 Å². The van der Waals surface area contributed by atoms with Crippen LogP contribution >= 0.6 is 0 Å². The normalized spacial score (nSPS) is 11.5. The molecule has 0 unspecified atom stereocenters. The first-order chi connectivity index (χ1) is 18.1. The third-order valence-corrected chi connectivity index (χ3v) is 6.59. The van der Waals surface area contributed by atoms with E-state index in [1.165, 1.54) is 63.4 Å². The Bertz CT molecular complexity index is 1650. The summed E-state index contributed by atoms with van der Waals surface area (Å²) in [6, 6.07) is 28.0. The maximum Gasteiger partial charge on any atom is 0.155 e. The van der Waals surface area contributed by atoms with Crippen LogP contribution in [0.2, 0.25) is 0 Å². The van der Waals surface area contributed by atoms with Crippen LogP contribution in [0.5, 0.6) is 0 Å². The van der Waals surface area contributed by atoms with E-state index in [2.05, 4.69) is 100 Å². The number of rotatable bonds is 5. The van der Waals surface area contributed by atoms with E-state index in [0.717, 1.165) is 17.7 Å². The largest absolute Gasteiger partial charge is 0.512 e. The zero-order valence-electron chi connectivity index (χ0n) is 23.5. The van der Waals surface area contributed by atoms with Gasteiger partial charge in [0.2, 0.25) is 0 Å². The summed E-state index contributed by atoms with van der Waals surface area (Å²) in [7, 11) is 0. The number of benzene rings is 4. The maximum absolute atomic E-state index is 10.0. The molecule has 4 heteroatoms. The summed E-state index contributed by atoms with van der Waals surface area (Å²) in [5.41, 5.74) is 4.84. The number of carbonyl (C=O) groups is 1. The average Bonchev–Trinajstić information content (AvgIpc) is 2.86. The molecule has 0 atom stereocenters. The molecule has 0 fully saturated rings. The number of aliphatic hydroxyl groups excluding tert-OH is 1. The van der Waals surface area contributed by atoms with E-state index in [1.54, 1.807) is 0 Å². The minimum Gasteiger partial charge on any atom is -0.512 e. The number of hydrogen-bond donors (Lipinski definition) is 1. The first-order valence-electron chi connectivity index (χ1n) is 13.3. The van der Waals surface area contributed by atoms with E-state index in [1.807, 2.05) is 6.20 Å². The van der Waals surface area contributed by atoms with Crippen LogP contribution in [0.25, 0.3) is 43.6 Å². The van der Waals surface area contributed by atoms with Crippen LogP contribution in [-0.4, -0.2) is 15.9 Å². The molecule has 0 aliphatic heterocycles. The standard InChI is InChI=1S/C30H28N.C5H8O2.Ir/c1-19(2)15-25-17-26(16-24-12-10-21-7-5-6-8-27(21)29(24)25)30-28-18-23(20(3)4)11-9-22(28)13-14-31-30;1-4(6)3-5(2)7;/h5-14,17-20H,15H2,1-4H3;3,6H,1-2H3;/q-1;;/b;4-3-;. The number of fused-ring (bicyclic) bond motifs is 4. The first kappa shape index (κ1) is 30.2. The van der Waals surface area contributed by atoms with Crippen LogP contribution in [-0.2, 0) is 31.3 Å². The van der Waals surface area contributed by atoms with Gasteiger partial charge >= 0.3 is 0 Å². The fraction of sp³-hybridized carbons (Fsp3) is 0.257. The van der Waals surface area contributed by atoms with Crippen LogP contribution in [0.15, 0.2) is 84.8 Å². The summed E-state index contributed by atoms with van der Waals surface area (Å²) in [5.74, 6) is 0.999. The van der Waals surface area contributed by atoms with E-state index in [9.17, 15) is 4.79 Å². The van der Waals surface area contributed by atoms with Crippen molar-refractivity contribution in [2.45, 2.75) is 53.9 Å². The molecule has 203 valence electrons. The SMILES string of the molecule is CC(=O)/C=C(/C)O.CC(C)Cc1cc(-c2nccc3ccc(C(C)C)cc23)[c-]c2ccc3ccccc3c12.[Ir]. The molecule has 5 aromatic rings. The number of aliphatic hydroxyl groups is 1. The molecule has 1 N–H and O–H groups in total. The van der Waals surface area contributed by atoms with Crippen LogP contribution in [0.4, 0.5) is 0 Å². The van der Waals surface area contributed by atoms with E-state index < -0.39 is 0 Å². The van der Waals surface area contributed by atoms with Crippen molar-refractivity contribution in [3.63, 3.8) is 0 Å². The van der Waals surface area contributed by atoms with Gasteiger partial charge in [-0.05, 0) is 65.3 Å². The van der Waals surface area contributed by atoms with Crippen LogP contribution < -0.4 is 0 Å². The van der Waals surface area contributed by atoms with E-state index in [0.29, 0.717) is 11.8 Å². The molecule has 0 aliphatic rings. The number of nitrogens with zero attached hydrogens (tertiary/aromatic N) is 1. The van der Waals surface area contributed by atoms with Gasteiger partial charge in [-0.25, -0.2) is 0 Å². The first-order valence-corrected chi connectivity index (χ1v) is 13.3. The molecule has 1 aromatic heterocycles. The summed E-state index contributed by atoms with van der Waals surface area (Å²) >= 11 is 0. The second kappa shape index (κ2) is 13.2. The summed E-state index contributed by atoms with van der Waals surface area (Å²) in [6.07, 6.45) is 4.13. The molecule has 0 amide bonds. The third-order valence-electron chi connectivity index (χ3n) is 6.59. The summed E-state index contributed by atoms with van der Waals surface area (Å²) in [4.78, 5) is 14.9. The molecule has 39 heavy (non-hydrogen) atoms. The van der Waals surface area contributed by atoms with Gasteiger partial charge in [0.15, 0.2) is 5.78 Å². The molecular formula is C35H36IrNO2-. The Balaban J connectivity index is 0.000000468. The molecule has 0 saturated heterocycles. The monoisotopic (exact) mass is 695 g/mol. The summed E-state index contributed by atoms with van der Waals surface area (Å²) in [5, 5.41) is 15.9. The fourth-order valence-electron chi connectivity index (χ4n) is 4.93. The van der Waals surface area contributed by atoms with Gasteiger partial charge in [0.1, 0.15) is 0 Å². The zero-order chi connectivity index (χ0) is 27.4. The van der Waals surface area contributed by atoms with Crippen molar-refractivity contribution < 1.29 is 30.0 Å².